The summed E-state index contributed by atoms with van der Waals surface area (Å²) in [6.07, 6.45) is 7.68. The second-order valence-electron chi connectivity index (χ2n) is 8.44. The Kier molecular flexibility index (Phi) is 6.25. The van der Waals surface area contributed by atoms with E-state index in [0.29, 0.717) is 19.1 Å². The fourth-order valence-corrected chi connectivity index (χ4v) is 5.86. The van der Waals surface area contributed by atoms with Crippen molar-refractivity contribution in [3.05, 3.63) is 29.8 Å². The third-order valence-electron chi connectivity index (χ3n) is 6.43. The zero-order valence-electron chi connectivity index (χ0n) is 16.7. The summed E-state index contributed by atoms with van der Waals surface area (Å²) in [5.41, 5.74) is 1.33. The third-order valence-corrected chi connectivity index (χ3v) is 7.16. The molecule has 0 amide bonds. The standard InChI is InChI=1S/C21H32N2O4S/c1-28(24,25)22-19-6-4-12-23-13-14-26-21-7-3-2-5-18(21)16-8-10-17(11-9-16)27-15-20(19)23/h2-3,5,7,16-17,19-20,22H,4,6,8-15H2,1H3/t16?,17?,19-,20?/m0/s1. The highest BCUT2D eigenvalue weighted by Gasteiger charge is 2.35. The maximum absolute atomic E-state index is 11.9. The minimum Gasteiger partial charge on any atom is -0.492 e. The van der Waals surface area contributed by atoms with Crippen molar-refractivity contribution in [3.8, 4) is 5.75 Å². The number of hydrogen-bond acceptors (Lipinski definition) is 5. The van der Waals surface area contributed by atoms with E-state index in [1.165, 1.54) is 11.8 Å². The fraction of sp³-hybridized carbons (Fsp3) is 0.714. The second-order valence-corrected chi connectivity index (χ2v) is 10.2. The minimum absolute atomic E-state index is 0.0563. The molecular formula is C21H32N2O4S. The molecule has 2 atom stereocenters. The maximum Gasteiger partial charge on any atom is 0.209 e. The monoisotopic (exact) mass is 408 g/mol. The summed E-state index contributed by atoms with van der Waals surface area (Å²) in [5.74, 6) is 1.55. The lowest BCUT2D eigenvalue weighted by molar-refractivity contribution is -0.0284. The Morgan fingerprint density at radius 1 is 1.07 bits per heavy atom. The highest BCUT2D eigenvalue weighted by molar-refractivity contribution is 7.88. The molecule has 1 N–H and O–H groups in total. The average molecular weight is 409 g/mol. The molecule has 2 bridgehead atoms. The number of ether oxygens (including phenoxy) is 2. The summed E-state index contributed by atoms with van der Waals surface area (Å²) in [7, 11) is -3.25. The Balaban J connectivity index is 1.55. The molecule has 1 aliphatic carbocycles. The van der Waals surface area contributed by atoms with Crippen LogP contribution in [0.15, 0.2) is 24.3 Å². The largest absolute Gasteiger partial charge is 0.492 e. The minimum atomic E-state index is -3.25. The first kappa shape index (κ1) is 20.1. The summed E-state index contributed by atoms with van der Waals surface area (Å²) < 4.78 is 39.1. The zero-order chi connectivity index (χ0) is 19.6. The number of rotatable bonds is 2. The van der Waals surface area contributed by atoms with Crippen LogP contribution in [0.1, 0.15) is 50.0 Å². The maximum atomic E-state index is 11.9. The Labute approximate surface area is 168 Å². The summed E-state index contributed by atoms with van der Waals surface area (Å²) >= 11 is 0. The van der Waals surface area contributed by atoms with Crippen LogP contribution in [0, 0.1) is 0 Å². The number of hydrogen-bond donors (Lipinski definition) is 1. The van der Waals surface area contributed by atoms with E-state index < -0.39 is 10.0 Å². The molecule has 5 rings (SSSR count). The fourth-order valence-electron chi connectivity index (χ4n) is 5.04. The van der Waals surface area contributed by atoms with Gasteiger partial charge in [-0.3, -0.25) is 4.90 Å². The van der Waals surface area contributed by atoms with Crippen LogP contribution in [0.3, 0.4) is 0 Å². The number of sulfonamides is 1. The third kappa shape index (κ3) is 4.87. The lowest BCUT2D eigenvalue weighted by Crippen LogP contribution is -2.58. The van der Waals surface area contributed by atoms with Crippen LogP contribution < -0.4 is 9.46 Å². The molecule has 6 nitrogen and oxygen atoms in total. The summed E-state index contributed by atoms with van der Waals surface area (Å²) in [4.78, 5) is 2.35. The number of benzene rings is 1. The molecule has 0 spiro atoms. The van der Waals surface area contributed by atoms with Crippen LogP contribution in [0.5, 0.6) is 5.75 Å². The summed E-state index contributed by atoms with van der Waals surface area (Å²) in [6.45, 7) is 2.92. The molecule has 4 aliphatic rings. The van der Waals surface area contributed by atoms with Crippen molar-refractivity contribution in [3.63, 3.8) is 0 Å². The summed E-state index contributed by atoms with van der Waals surface area (Å²) in [6, 6.07) is 8.39. The van der Waals surface area contributed by atoms with Crippen LogP contribution in [-0.4, -0.2) is 64.1 Å². The van der Waals surface area contributed by atoms with Gasteiger partial charge in [-0.2, -0.15) is 0 Å². The van der Waals surface area contributed by atoms with Crippen LogP contribution in [-0.2, 0) is 14.8 Å². The second kappa shape index (κ2) is 8.69. The molecule has 1 aromatic rings. The van der Waals surface area contributed by atoms with E-state index in [1.807, 2.05) is 6.07 Å². The highest BCUT2D eigenvalue weighted by atomic mass is 32.2. The van der Waals surface area contributed by atoms with Crippen molar-refractivity contribution in [1.29, 1.82) is 0 Å². The van der Waals surface area contributed by atoms with E-state index in [9.17, 15) is 8.42 Å². The van der Waals surface area contributed by atoms with Crippen LogP contribution in [0.2, 0.25) is 0 Å². The predicted molar refractivity (Wildman–Crippen MR) is 109 cm³/mol. The lowest BCUT2D eigenvalue weighted by Gasteiger charge is -2.41. The van der Waals surface area contributed by atoms with Crippen molar-refractivity contribution in [1.82, 2.24) is 9.62 Å². The van der Waals surface area contributed by atoms with Crippen molar-refractivity contribution in [2.24, 2.45) is 0 Å². The van der Waals surface area contributed by atoms with E-state index in [1.54, 1.807) is 0 Å². The Morgan fingerprint density at radius 3 is 2.64 bits per heavy atom. The van der Waals surface area contributed by atoms with E-state index in [0.717, 1.165) is 57.4 Å². The van der Waals surface area contributed by atoms with Crippen LogP contribution in [0.25, 0.3) is 0 Å². The van der Waals surface area contributed by atoms with Gasteiger partial charge in [-0.1, -0.05) is 18.2 Å². The first-order chi connectivity index (χ1) is 13.5. The van der Waals surface area contributed by atoms with Gasteiger partial charge < -0.3 is 9.47 Å². The number of piperidine rings is 1. The van der Waals surface area contributed by atoms with Crippen LogP contribution in [0.4, 0.5) is 0 Å². The average Bonchev–Trinajstić information content (AvgIpc) is 2.69. The Morgan fingerprint density at radius 2 is 1.86 bits per heavy atom. The number of fused-ring (bicyclic) bond motifs is 5. The molecule has 3 aliphatic heterocycles. The molecule has 0 aromatic heterocycles. The first-order valence-corrected chi connectivity index (χ1v) is 12.4. The van der Waals surface area contributed by atoms with Crippen molar-refractivity contribution < 1.29 is 17.9 Å². The van der Waals surface area contributed by atoms with Gasteiger partial charge in [0.1, 0.15) is 12.4 Å². The molecule has 7 heteroatoms. The lowest BCUT2D eigenvalue weighted by atomic mass is 9.82. The van der Waals surface area contributed by atoms with Crippen LogP contribution >= 0.6 is 0 Å². The Hall–Kier alpha value is -1.15. The van der Waals surface area contributed by atoms with E-state index in [-0.39, 0.29) is 18.2 Å². The zero-order valence-corrected chi connectivity index (χ0v) is 17.5. The van der Waals surface area contributed by atoms with Gasteiger partial charge in [0, 0.05) is 18.6 Å². The Bertz CT molecular complexity index is 761. The van der Waals surface area contributed by atoms with Gasteiger partial charge in [0.15, 0.2) is 0 Å². The molecule has 156 valence electrons. The number of nitrogens with zero attached hydrogens (tertiary/aromatic N) is 1. The SMILES string of the molecule is CS(=O)(=O)N[C@H]1CCCN2CCOc3ccccc3C3CCC(CC3)OCC12. The van der Waals surface area contributed by atoms with Crippen molar-refractivity contribution in [2.75, 3.05) is 32.6 Å². The van der Waals surface area contributed by atoms with Gasteiger partial charge in [0.2, 0.25) is 10.0 Å². The first-order valence-electron chi connectivity index (χ1n) is 10.5. The van der Waals surface area contributed by atoms with Crippen molar-refractivity contribution >= 4 is 10.0 Å². The molecule has 1 aromatic carbocycles. The van der Waals surface area contributed by atoms with Gasteiger partial charge in [-0.15, -0.1) is 0 Å². The highest BCUT2D eigenvalue weighted by Crippen LogP contribution is 2.38. The normalized spacial score (nSPS) is 32.2. The number of nitrogens with one attached hydrogen (secondary N) is 1. The van der Waals surface area contributed by atoms with Gasteiger partial charge in [-0.05, 0) is 62.6 Å². The van der Waals surface area contributed by atoms with Gasteiger partial charge in [0.05, 0.1) is 19.0 Å². The summed E-state index contributed by atoms with van der Waals surface area (Å²) in [5, 5.41) is 0. The molecule has 0 radical (unpaired) electrons. The quantitative estimate of drug-likeness (QED) is 0.814. The van der Waals surface area contributed by atoms with E-state index in [4.69, 9.17) is 9.47 Å². The molecule has 1 unspecified atom stereocenters. The van der Waals surface area contributed by atoms with E-state index in [2.05, 4.69) is 27.8 Å². The molecular weight excluding hydrogens is 376 g/mol. The topological polar surface area (TPSA) is 67.9 Å². The smallest absolute Gasteiger partial charge is 0.209 e. The van der Waals surface area contributed by atoms with Gasteiger partial charge >= 0.3 is 0 Å². The number of para-hydroxylation sites is 1. The van der Waals surface area contributed by atoms with Gasteiger partial charge in [0.25, 0.3) is 0 Å². The van der Waals surface area contributed by atoms with Gasteiger partial charge in [-0.25, -0.2) is 13.1 Å². The molecule has 1 saturated carbocycles. The van der Waals surface area contributed by atoms with Crippen molar-refractivity contribution in [2.45, 2.75) is 62.6 Å². The van der Waals surface area contributed by atoms with E-state index >= 15 is 0 Å². The molecule has 1 saturated heterocycles. The molecule has 3 heterocycles. The molecule has 2 fully saturated rings. The molecule has 28 heavy (non-hydrogen) atoms. The predicted octanol–water partition coefficient (Wildman–Crippen LogP) is 2.50.